The molecule has 222 valence electrons. The van der Waals surface area contributed by atoms with Gasteiger partial charge in [0.2, 0.25) is 18.0 Å². The van der Waals surface area contributed by atoms with Crippen molar-refractivity contribution in [1.29, 1.82) is 0 Å². The van der Waals surface area contributed by atoms with E-state index >= 15 is 4.39 Å². The van der Waals surface area contributed by atoms with Gasteiger partial charge in [-0.15, -0.1) is 11.8 Å². The van der Waals surface area contributed by atoms with Crippen molar-refractivity contribution in [3.8, 4) is 5.75 Å². The van der Waals surface area contributed by atoms with Crippen molar-refractivity contribution in [3.05, 3.63) is 117 Å². The highest BCUT2D eigenvalue weighted by Gasteiger charge is 2.46. The minimum atomic E-state index is -0.992. The lowest BCUT2D eigenvalue weighted by Crippen LogP contribution is -2.64. The highest BCUT2D eigenvalue weighted by molar-refractivity contribution is 7.98. The number of piperidine rings is 1. The molecular weight excluding hydrogens is 573 g/mol. The van der Waals surface area contributed by atoms with E-state index in [0.29, 0.717) is 30.7 Å². The third-order valence-electron chi connectivity index (χ3n) is 7.88. The quantitative estimate of drug-likeness (QED) is 0.278. The summed E-state index contributed by atoms with van der Waals surface area (Å²) in [5.41, 5.74) is 2.82. The topological polar surface area (TPSA) is 90.3 Å². The first-order valence-electron chi connectivity index (χ1n) is 13.9. The van der Waals surface area contributed by atoms with E-state index in [0.717, 1.165) is 28.7 Å². The third kappa shape index (κ3) is 5.18. The molecule has 9 nitrogen and oxygen atoms in total. The summed E-state index contributed by atoms with van der Waals surface area (Å²) in [6.45, 7) is 1.70. The van der Waals surface area contributed by atoms with Crippen LogP contribution in [0.5, 0.6) is 5.75 Å². The number of ether oxygens (including phenoxy) is 3. The summed E-state index contributed by atoms with van der Waals surface area (Å²) >= 11 is 1.63. The molecule has 0 radical (unpaired) electrons. The molecule has 0 aliphatic carbocycles. The average molecular weight is 604 g/mol. The number of halogens is 1. The van der Waals surface area contributed by atoms with E-state index in [9.17, 15) is 14.4 Å². The Balaban J connectivity index is 1.59. The first-order valence-corrected chi connectivity index (χ1v) is 14.9. The number of thioether (sulfide) groups is 1. The molecule has 1 fully saturated rings. The molecule has 3 aromatic rings. The van der Waals surface area contributed by atoms with E-state index < -0.39 is 36.5 Å². The molecule has 6 rings (SSSR count). The average Bonchev–Trinajstić information content (AvgIpc) is 3.19. The number of nitrogens with zero attached hydrogens (tertiary/aromatic N) is 3. The lowest BCUT2D eigenvalue weighted by atomic mass is 9.91. The number of allylic oxidation sites excluding steroid dienone is 3. The van der Waals surface area contributed by atoms with Crippen LogP contribution in [0.25, 0.3) is 0 Å². The molecule has 1 saturated heterocycles. The number of aromatic nitrogens is 1. The van der Waals surface area contributed by atoms with Gasteiger partial charge in [0.1, 0.15) is 18.0 Å². The monoisotopic (exact) mass is 603 g/mol. The molecule has 43 heavy (non-hydrogen) atoms. The fourth-order valence-electron chi connectivity index (χ4n) is 5.96. The lowest BCUT2D eigenvalue weighted by molar-refractivity contribution is 0.0128. The van der Waals surface area contributed by atoms with Gasteiger partial charge in [-0.2, -0.15) is 0 Å². The smallest absolute Gasteiger partial charge is 0.451 e. The van der Waals surface area contributed by atoms with E-state index in [1.54, 1.807) is 27.4 Å². The normalized spacial score (nSPS) is 20.2. The van der Waals surface area contributed by atoms with E-state index in [-0.39, 0.29) is 17.3 Å². The van der Waals surface area contributed by atoms with Crippen LogP contribution < -0.4 is 15.2 Å². The van der Waals surface area contributed by atoms with Crippen molar-refractivity contribution in [3.63, 3.8) is 0 Å². The summed E-state index contributed by atoms with van der Waals surface area (Å²) in [6.07, 6.45) is 7.18. The summed E-state index contributed by atoms with van der Waals surface area (Å²) in [7, 11) is 1.15. The zero-order valence-corrected chi connectivity index (χ0v) is 24.5. The summed E-state index contributed by atoms with van der Waals surface area (Å²) < 4.78 is 32.6. The lowest BCUT2D eigenvalue weighted by Gasteiger charge is -2.52. The van der Waals surface area contributed by atoms with E-state index in [2.05, 4.69) is 10.8 Å². The minimum absolute atomic E-state index is 0.0228. The van der Waals surface area contributed by atoms with Gasteiger partial charge in [0.25, 0.3) is 5.91 Å². The Bertz CT molecular complexity index is 1700. The number of benzene rings is 2. The molecule has 0 N–H and O–H groups in total. The van der Waals surface area contributed by atoms with E-state index in [1.807, 2.05) is 54.4 Å². The van der Waals surface area contributed by atoms with Crippen molar-refractivity contribution in [1.82, 2.24) is 9.58 Å². The standard InChI is InChI=1S/C32H30FN3O6S/c1-3-4-8-20-13-15-34-26(17-20)36(35-16-14-24(37)30(29(35)31(34)38)41-19-42-32(39)40-2)28-22-10-5-6-12-25(22)43-18-21-9-7-11-23(33)27(21)28/h3-12,14,16,26,28H,13,15,17-19H2,1-2H3/b4-3-,20-8-/t26-,28?/m1/s1. The molecule has 4 heterocycles. The van der Waals surface area contributed by atoms with Gasteiger partial charge in [-0.25, -0.2) is 9.18 Å². The molecular formula is C32H30FN3O6S. The van der Waals surface area contributed by atoms with Crippen LogP contribution in [0.2, 0.25) is 0 Å². The van der Waals surface area contributed by atoms with Crippen LogP contribution in [-0.2, 0) is 15.2 Å². The van der Waals surface area contributed by atoms with Gasteiger partial charge in [-0.05, 0) is 36.6 Å². The number of pyridine rings is 1. The van der Waals surface area contributed by atoms with Crippen LogP contribution in [-0.4, -0.2) is 48.3 Å². The van der Waals surface area contributed by atoms with Gasteiger partial charge in [0, 0.05) is 41.4 Å². The first-order chi connectivity index (χ1) is 20.9. The number of rotatable bonds is 5. The van der Waals surface area contributed by atoms with Gasteiger partial charge in [-0.3, -0.25) is 19.3 Å². The Morgan fingerprint density at radius 1 is 1.14 bits per heavy atom. The van der Waals surface area contributed by atoms with Crippen LogP contribution in [0.15, 0.2) is 88.2 Å². The molecule has 2 atom stereocenters. The Kier molecular flexibility index (Phi) is 7.98. The number of amides is 1. The number of fused-ring (bicyclic) bond motifs is 4. The van der Waals surface area contributed by atoms with Crippen molar-refractivity contribution in [2.45, 2.75) is 42.6 Å². The number of carbonyl (C=O) groups excluding carboxylic acids is 2. The fraction of sp³-hybridized carbons (Fsp3) is 0.281. The van der Waals surface area contributed by atoms with Crippen molar-refractivity contribution < 1.29 is 28.2 Å². The van der Waals surface area contributed by atoms with Crippen LogP contribution in [0.4, 0.5) is 9.18 Å². The van der Waals surface area contributed by atoms with Gasteiger partial charge in [-0.1, -0.05) is 54.1 Å². The summed E-state index contributed by atoms with van der Waals surface area (Å²) in [5.74, 6) is -0.443. The Hall–Kier alpha value is -4.51. The SMILES string of the molecule is C/C=C\C=C1\CCN2C(=O)c3c(OCOC(=O)OC)c(=O)ccn3N(C3c4ccccc4SCc4cccc(F)c43)[C@@H]2C1. The molecule has 0 bridgehead atoms. The summed E-state index contributed by atoms with van der Waals surface area (Å²) in [5, 5.41) is 1.99. The Labute approximate surface area is 252 Å². The second-order valence-electron chi connectivity index (χ2n) is 10.3. The maximum absolute atomic E-state index is 16.0. The van der Waals surface area contributed by atoms with Crippen LogP contribution >= 0.6 is 11.8 Å². The molecule has 0 spiro atoms. The largest absolute Gasteiger partial charge is 0.510 e. The third-order valence-corrected chi connectivity index (χ3v) is 9.02. The fourth-order valence-corrected chi connectivity index (χ4v) is 7.05. The van der Waals surface area contributed by atoms with Gasteiger partial charge < -0.3 is 19.1 Å². The second kappa shape index (κ2) is 12.0. The highest BCUT2D eigenvalue weighted by atomic mass is 32.2. The molecule has 3 aliphatic rings. The first kappa shape index (κ1) is 28.6. The molecule has 1 unspecified atom stereocenters. The maximum Gasteiger partial charge on any atom is 0.510 e. The molecule has 3 aliphatic heterocycles. The predicted molar refractivity (Wildman–Crippen MR) is 159 cm³/mol. The number of carbonyl (C=O) groups is 2. The maximum atomic E-state index is 16.0. The Morgan fingerprint density at radius 2 is 1.98 bits per heavy atom. The van der Waals surface area contributed by atoms with Gasteiger partial charge >= 0.3 is 6.16 Å². The van der Waals surface area contributed by atoms with E-state index in [1.165, 1.54) is 18.3 Å². The number of methoxy groups -OCH3 is 1. The zero-order valence-electron chi connectivity index (χ0n) is 23.7. The van der Waals surface area contributed by atoms with Gasteiger partial charge in [0.05, 0.1) is 7.11 Å². The van der Waals surface area contributed by atoms with Crippen LogP contribution in [0, 0.1) is 5.82 Å². The Morgan fingerprint density at radius 3 is 2.79 bits per heavy atom. The van der Waals surface area contributed by atoms with Crippen molar-refractivity contribution >= 4 is 23.8 Å². The summed E-state index contributed by atoms with van der Waals surface area (Å²) in [6, 6.07) is 13.6. The summed E-state index contributed by atoms with van der Waals surface area (Å²) in [4.78, 5) is 41.6. The molecule has 1 aromatic heterocycles. The highest BCUT2D eigenvalue weighted by Crippen LogP contribution is 2.46. The van der Waals surface area contributed by atoms with E-state index in [4.69, 9.17) is 9.47 Å². The zero-order chi connectivity index (χ0) is 30.1. The van der Waals surface area contributed by atoms with Crippen LogP contribution in [0.3, 0.4) is 0 Å². The number of hydrogen-bond acceptors (Lipinski definition) is 8. The van der Waals surface area contributed by atoms with Crippen molar-refractivity contribution in [2.24, 2.45) is 0 Å². The minimum Gasteiger partial charge on any atom is -0.451 e. The van der Waals surface area contributed by atoms with Crippen molar-refractivity contribution in [2.75, 3.05) is 25.5 Å². The number of hydrogen-bond donors (Lipinski definition) is 0. The second-order valence-corrected chi connectivity index (χ2v) is 11.3. The molecule has 1 amide bonds. The molecule has 0 saturated carbocycles. The van der Waals surface area contributed by atoms with Gasteiger partial charge in [0.15, 0.2) is 5.69 Å². The van der Waals surface area contributed by atoms with Crippen LogP contribution in [0.1, 0.15) is 53.0 Å². The predicted octanol–water partition coefficient (Wildman–Crippen LogP) is 5.52. The molecule has 2 aromatic carbocycles. The molecule has 11 heteroatoms.